The summed E-state index contributed by atoms with van der Waals surface area (Å²) in [5, 5.41) is 17.6. The van der Waals surface area contributed by atoms with Gasteiger partial charge in [0, 0.05) is 13.0 Å². The number of aliphatic imine (C=N–C) groups is 1. The van der Waals surface area contributed by atoms with Crippen LogP contribution in [0.1, 0.15) is 58.9 Å². The van der Waals surface area contributed by atoms with Gasteiger partial charge in [-0.1, -0.05) is 64.4 Å². The highest BCUT2D eigenvalue weighted by molar-refractivity contribution is 5.94. The van der Waals surface area contributed by atoms with E-state index in [1.807, 2.05) is 58.0 Å². The van der Waals surface area contributed by atoms with E-state index >= 15 is 0 Å². The van der Waals surface area contributed by atoms with Crippen LogP contribution in [-0.4, -0.2) is 65.5 Å². The molecule has 0 fully saturated rings. The quantitative estimate of drug-likeness (QED) is 0.0812. The van der Waals surface area contributed by atoms with Gasteiger partial charge in [0.15, 0.2) is 5.96 Å². The molecule has 218 valence electrons. The number of carboxylic acid groups (broad SMARTS) is 1. The van der Waals surface area contributed by atoms with Gasteiger partial charge in [0.2, 0.25) is 17.7 Å². The van der Waals surface area contributed by atoms with E-state index < -0.39 is 47.9 Å². The van der Waals surface area contributed by atoms with Gasteiger partial charge in [0.25, 0.3) is 0 Å². The molecule has 5 unspecified atom stereocenters. The van der Waals surface area contributed by atoms with Crippen molar-refractivity contribution in [2.24, 2.45) is 34.0 Å². The first-order chi connectivity index (χ1) is 18.3. The molecule has 0 aliphatic carbocycles. The zero-order valence-corrected chi connectivity index (χ0v) is 23.4. The summed E-state index contributed by atoms with van der Waals surface area (Å²) in [5.41, 5.74) is 17.5. The number of nitrogens with one attached hydrogen (secondary N) is 3. The molecule has 0 bridgehead atoms. The Labute approximate surface area is 230 Å². The van der Waals surface area contributed by atoms with E-state index in [9.17, 15) is 24.3 Å². The van der Waals surface area contributed by atoms with Gasteiger partial charge < -0.3 is 38.3 Å². The van der Waals surface area contributed by atoms with Crippen molar-refractivity contribution in [1.29, 1.82) is 0 Å². The maximum atomic E-state index is 13.4. The molecule has 39 heavy (non-hydrogen) atoms. The lowest BCUT2D eigenvalue weighted by molar-refractivity contribution is -0.142. The van der Waals surface area contributed by atoms with E-state index in [1.165, 1.54) is 0 Å². The molecule has 0 aromatic heterocycles. The van der Waals surface area contributed by atoms with E-state index in [1.54, 1.807) is 0 Å². The lowest BCUT2D eigenvalue weighted by Crippen LogP contribution is -2.58. The van der Waals surface area contributed by atoms with Crippen LogP contribution < -0.4 is 33.2 Å². The predicted octanol–water partition coefficient (Wildman–Crippen LogP) is 0.241. The van der Waals surface area contributed by atoms with Gasteiger partial charge in [-0.15, -0.1) is 0 Å². The fourth-order valence-corrected chi connectivity index (χ4v) is 3.85. The van der Waals surface area contributed by atoms with Crippen molar-refractivity contribution in [3.05, 3.63) is 35.9 Å². The van der Waals surface area contributed by atoms with Crippen molar-refractivity contribution in [1.82, 2.24) is 16.0 Å². The van der Waals surface area contributed by atoms with Crippen LogP contribution in [0, 0.1) is 11.8 Å². The van der Waals surface area contributed by atoms with Crippen LogP contribution in [0.3, 0.4) is 0 Å². The minimum atomic E-state index is -1.21. The molecule has 0 radical (unpaired) electrons. The number of carboxylic acids is 1. The van der Waals surface area contributed by atoms with Crippen molar-refractivity contribution in [2.45, 2.75) is 84.0 Å². The van der Waals surface area contributed by atoms with Crippen molar-refractivity contribution in [3.63, 3.8) is 0 Å². The van der Waals surface area contributed by atoms with Crippen molar-refractivity contribution < 1.29 is 24.3 Å². The third-order valence-electron chi connectivity index (χ3n) is 6.38. The molecular weight excluding hydrogens is 502 g/mol. The third kappa shape index (κ3) is 12.6. The zero-order valence-electron chi connectivity index (χ0n) is 23.4. The molecule has 10 N–H and O–H groups in total. The van der Waals surface area contributed by atoms with Gasteiger partial charge in [-0.25, -0.2) is 4.79 Å². The Balaban J connectivity index is 3.07. The summed E-state index contributed by atoms with van der Waals surface area (Å²) < 4.78 is 0. The summed E-state index contributed by atoms with van der Waals surface area (Å²) in [6, 6.07) is 5.16. The third-order valence-corrected chi connectivity index (χ3v) is 6.38. The summed E-state index contributed by atoms with van der Waals surface area (Å²) >= 11 is 0. The number of benzene rings is 1. The molecular formula is C27H45N7O5. The highest BCUT2D eigenvalue weighted by Gasteiger charge is 2.31. The molecule has 3 amide bonds. The van der Waals surface area contributed by atoms with Crippen LogP contribution >= 0.6 is 0 Å². The summed E-state index contributed by atoms with van der Waals surface area (Å²) in [6.45, 7) is 7.76. The number of hydrogen-bond acceptors (Lipinski definition) is 6. The number of aliphatic carboxylic acids is 1. The monoisotopic (exact) mass is 547 g/mol. The normalized spacial score (nSPS) is 14.8. The smallest absolute Gasteiger partial charge is 0.326 e. The van der Waals surface area contributed by atoms with Gasteiger partial charge in [-0.3, -0.25) is 19.4 Å². The van der Waals surface area contributed by atoms with Gasteiger partial charge in [0.1, 0.15) is 18.1 Å². The highest BCUT2D eigenvalue weighted by Crippen LogP contribution is 2.11. The van der Waals surface area contributed by atoms with Crippen LogP contribution in [-0.2, 0) is 25.6 Å². The summed E-state index contributed by atoms with van der Waals surface area (Å²) in [4.78, 5) is 55.0. The lowest BCUT2D eigenvalue weighted by Gasteiger charge is -2.27. The SMILES string of the molecule is CCC(C)C(N)C(=O)NC(Cc1ccccc1)C(=O)NC(CC(C)C)C(=O)NC(CCCN=C(N)N)C(=O)O. The Morgan fingerprint density at radius 3 is 2.00 bits per heavy atom. The van der Waals surface area contributed by atoms with Crippen molar-refractivity contribution in [3.8, 4) is 0 Å². The molecule has 0 spiro atoms. The summed E-state index contributed by atoms with van der Waals surface area (Å²) in [7, 11) is 0. The molecule has 12 heteroatoms. The second kappa shape index (κ2) is 17.0. The minimum Gasteiger partial charge on any atom is -0.480 e. The average molecular weight is 548 g/mol. The first kappa shape index (κ1) is 33.4. The Kier molecular flexibility index (Phi) is 14.6. The molecule has 12 nitrogen and oxygen atoms in total. The predicted molar refractivity (Wildman–Crippen MR) is 150 cm³/mol. The van der Waals surface area contributed by atoms with Crippen LogP contribution in [0.15, 0.2) is 35.3 Å². The summed E-state index contributed by atoms with van der Waals surface area (Å²) in [5.74, 6) is -3.06. The largest absolute Gasteiger partial charge is 0.480 e. The van der Waals surface area contributed by atoms with E-state index in [-0.39, 0.29) is 43.6 Å². The molecule has 0 aliphatic rings. The molecule has 0 heterocycles. The first-order valence-electron chi connectivity index (χ1n) is 13.3. The number of carbonyl (C=O) groups is 4. The van der Waals surface area contributed by atoms with Gasteiger partial charge in [-0.05, 0) is 36.7 Å². The fourth-order valence-electron chi connectivity index (χ4n) is 3.85. The van der Waals surface area contributed by atoms with Crippen LogP contribution in [0.4, 0.5) is 0 Å². The number of amides is 3. The molecule has 1 rings (SSSR count). The Hall–Kier alpha value is -3.67. The minimum absolute atomic E-state index is 0.00665. The van der Waals surface area contributed by atoms with Crippen LogP contribution in [0.5, 0.6) is 0 Å². The summed E-state index contributed by atoms with van der Waals surface area (Å²) in [6.07, 6.45) is 1.57. The number of nitrogens with two attached hydrogens (primary N) is 3. The topological polar surface area (TPSA) is 215 Å². The number of carbonyl (C=O) groups excluding carboxylic acids is 3. The van der Waals surface area contributed by atoms with Crippen LogP contribution in [0.2, 0.25) is 0 Å². The molecule has 1 aromatic carbocycles. The molecule has 0 saturated heterocycles. The first-order valence-corrected chi connectivity index (χ1v) is 13.3. The Morgan fingerprint density at radius 1 is 0.897 bits per heavy atom. The number of hydrogen-bond donors (Lipinski definition) is 7. The number of rotatable bonds is 17. The molecule has 0 aliphatic heterocycles. The van der Waals surface area contributed by atoms with Crippen LogP contribution in [0.25, 0.3) is 0 Å². The number of nitrogens with zero attached hydrogens (tertiary/aromatic N) is 1. The average Bonchev–Trinajstić information content (AvgIpc) is 2.88. The maximum Gasteiger partial charge on any atom is 0.326 e. The van der Waals surface area contributed by atoms with Gasteiger partial charge in [0.05, 0.1) is 6.04 Å². The van der Waals surface area contributed by atoms with Gasteiger partial charge in [-0.2, -0.15) is 0 Å². The second-order valence-electron chi connectivity index (χ2n) is 10.2. The number of guanidine groups is 1. The zero-order chi connectivity index (χ0) is 29.5. The van der Waals surface area contributed by atoms with Crippen molar-refractivity contribution in [2.75, 3.05) is 6.54 Å². The molecule has 5 atom stereocenters. The van der Waals surface area contributed by atoms with Gasteiger partial charge >= 0.3 is 5.97 Å². The fraction of sp³-hybridized carbons (Fsp3) is 0.593. The lowest BCUT2D eigenvalue weighted by atomic mass is 9.97. The van der Waals surface area contributed by atoms with Crippen molar-refractivity contribution >= 4 is 29.7 Å². The maximum absolute atomic E-state index is 13.4. The van der Waals surface area contributed by atoms with E-state index in [0.29, 0.717) is 12.8 Å². The van der Waals surface area contributed by atoms with E-state index in [0.717, 1.165) is 5.56 Å². The second-order valence-corrected chi connectivity index (χ2v) is 10.2. The van der Waals surface area contributed by atoms with E-state index in [4.69, 9.17) is 17.2 Å². The Morgan fingerprint density at radius 2 is 1.46 bits per heavy atom. The molecule has 0 saturated carbocycles. The van der Waals surface area contributed by atoms with E-state index in [2.05, 4.69) is 20.9 Å². The Bertz CT molecular complexity index is 967. The standard InChI is InChI=1S/C27H45N7O5/c1-5-17(4)22(28)25(37)34-21(15-18-10-7-6-8-11-18)24(36)33-20(14-16(2)3)23(35)32-19(26(38)39)12-9-13-31-27(29)30/h6-8,10-11,16-17,19-22H,5,9,12-15,28H2,1-4H3,(H,32,35)(H,33,36)(H,34,37)(H,38,39)(H4,29,30,31). The molecule has 1 aromatic rings. The highest BCUT2D eigenvalue weighted by atomic mass is 16.4.